The second-order valence-electron chi connectivity index (χ2n) is 3.72. The van der Waals surface area contributed by atoms with Crippen molar-refractivity contribution in [2.75, 3.05) is 5.32 Å². The normalized spacial score (nSPS) is 10.9. The van der Waals surface area contributed by atoms with Gasteiger partial charge in [0.05, 0.1) is 0 Å². The van der Waals surface area contributed by atoms with Crippen molar-refractivity contribution in [1.29, 1.82) is 0 Å². The first-order chi connectivity index (χ1) is 8.47. The summed E-state index contributed by atoms with van der Waals surface area (Å²) in [6.45, 7) is 2.69. The quantitative estimate of drug-likeness (QED) is 0.360. The number of carbonyl (C=O) groups excluding carboxylic acids is 2. The lowest BCUT2D eigenvalue weighted by Crippen LogP contribution is -2.16. The molecule has 0 unspecified atom stereocenters. The van der Waals surface area contributed by atoms with Crippen molar-refractivity contribution >= 4 is 23.4 Å². The number of amides is 1. The molecule has 0 aromatic heterocycles. The number of hydrogen-bond acceptors (Lipinski definition) is 4. The molecule has 0 atom stereocenters. The van der Waals surface area contributed by atoms with E-state index in [-0.39, 0.29) is 11.7 Å². The first-order valence-electron chi connectivity index (χ1n) is 5.34. The van der Waals surface area contributed by atoms with Crippen molar-refractivity contribution in [2.45, 2.75) is 20.3 Å². The lowest BCUT2D eigenvalue weighted by molar-refractivity contribution is -0.141. The van der Waals surface area contributed by atoms with E-state index < -0.39 is 5.97 Å². The largest absolute Gasteiger partial charge is 0.384 e. The van der Waals surface area contributed by atoms with Gasteiger partial charge in [0.1, 0.15) is 5.84 Å². The molecule has 0 heterocycles. The van der Waals surface area contributed by atoms with E-state index >= 15 is 0 Å². The minimum atomic E-state index is -0.515. The summed E-state index contributed by atoms with van der Waals surface area (Å²) in [5.74, 6) is -0.435. The third-order valence-electron chi connectivity index (χ3n) is 1.95. The molecule has 3 N–H and O–H groups in total. The van der Waals surface area contributed by atoms with E-state index in [1.54, 1.807) is 24.3 Å². The molecule has 0 fully saturated rings. The van der Waals surface area contributed by atoms with E-state index in [9.17, 15) is 9.59 Å². The molecular weight excluding hydrogens is 234 g/mol. The van der Waals surface area contributed by atoms with Crippen LogP contribution in [-0.4, -0.2) is 17.7 Å². The highest BCUT2D eigenvalue weighted by Gasteiger charge is 2.00. The van der Waals surface area contributed by atoms with Crippen LogP contribution in [-0.2, 0) is 20.8 Å². The number of carbonyl (C=O) groups is 2. The van der Waals surface area contributed by atoms with E-state index in [4.69, 9.17) is 5.73 Å². The minimum absolute atomic E-state index is 0.126. The van der Waals surface area contributed by atoms with Gasteiger partial charge in [-0.15, -0.1) is 0 Å². The number of nitrogens with two attached hydrogens (primary N) is 1. The maximum absolute atomic E-state index is 10.8. The zero-order valence-electron chi connectivity index (χ0n) is 10.3. The van der Waals surface area contributed by atoms with Crippen LogP contribution in [0.3, 0.4) is 0 Å². The van der Waals surface area contributed by atoms with Crippen LogP contribution in [0.25, 0.3) is 0 Å². The number of nitrogens with one attached hydrogen (secondary N) is 1. The monoisotopic (exact) mass is 249 g/mol. The van der Waals surface area contributed by atoms with E-state index in [2.05, 4.69) is 15.3 Å². The van der Waals surface area contributed by atoms with Gasteiger partial charge in [0.25, 0.3) is 0 Å². The predicted octanol–water partition coefficient (Wildman–Crippen LogP) is 1.02. The molecule has 6 heteroatoms. The van der Waals surface area contributed by atoms with Crippen molar-refractivity contribution in [1.82, 2.24) is 0 Å². The van der Waals surface area contributed by atoms with Crippen LogP contribution < -0.4 is 11.1 Å². The van der Waals surface area contributed by atoms with Gasteiger partial charge < -0.3 is 15.9 Å². The Hall–Kier alpha value is -2.37. The second-order valence-corrected chi connectivity index (χ2v) is 3.72. The van der Waals surface area contributed by atoms with Crippen molar-refractivity contribution in [2.24, 2.45) is 10.9 Å². The summed E-state index contributed by atoms with van der Waals surface area (Å²) >= 11 is 0. The molecule has 0 saturated carbocycles. The van der Waals surface area contributed by atoms with Crippen LogP contribution >= 0.6 is 0 Å². The zero-order valence-corrected chi connectivity index (χ0v) is 10.3. The molecule has 0 radical (unpaired) electrons. The Morgan fingerprint density at radius 3 is 2.39 bits per heavy atom. The molecule has 0 spiro atoms. The Bertz CT molecular complexity index is 466. The van der Waals surface area contributed by atoms with Crippen molar-refractivity contribution < 1.29 is 14.4 Å². The average Bonchev–Trinajstić information content (AvgIpc) is 2.28. The van der Waals surface area contributed by atoms with Gasteiger partial charge in [-0.1, -0.05) is 17.3 Å². The van der Waals surface area contributed by atoms with E-state index in [1.807, 2.05) is 0 Å². The molecule has 1 amide bonds. The summed E-state index contributed by atoms with van der Waals surface area (Å²) in [6.07, 6.45) is 0.369. The number of oxime groups is 1. The summed E-state index contributed by atoms with van der Waals surface area (Å²) in [4.78, 5) is 25.8. The smallest absolute Gasteiger partial charge is 0.332 e. The topological polar surface area (TPSA) is 93.8 Å². The Morgan fingerprint density at radius 1 is 1.28 bits per heavy atom. The van der Waals surface area contributed by atoms with Gasteiger partial charge >= 0.3 is 5.97 Å². The van der Waals surface area contributed by atoms with Crippen molar-refractivity contribution in [3.63, 3.8) is 0 Å². The highest BCUT2D eigenvalue weighted by Crippen LogP contribution is 2.09. The van der Waals surface area contributed by atoms with Crippen LogP contribution in [0.1, 0.15) is 19.4 Å². The van der Waals surface area contributed by atoms with Gasteiger partial charge in [-0.25, -0.2) is 4.79 Å². The SMILES string of the molecule is CC(=O)Nc1ccc(C/C(N)=N\OC(C)=O)cc1. The predicted molar refractivity (Wildman–Crippen MR) is 67.8 cm³/mol. The Kier molecular flexibility index (Phi) is 4.86. The number of rotatable bonds is 4. The molecule has 1 aromatic rings. The first kappa shape index (κ1) is 13.7. The first-order valence-corrected chi connectivity index (χ1v) is 5.34. The van der Waals surface area contributed by atoms with Gasteiger partial charge in [-0.3, -0.25) is 4.79 Å². The summed E-state index contributed by atoms with van der Waals surface area (Å²) < 4.78 is 0. The molecule has 1 rings (SSSR count). The number of nitrogens with zero attached hydrogens (tertiary/aromatic N) is 1. The summed E-state index contributed by atoms with van der Waals surface area (Å²) in [7, 11) is 0. The molecule has 0 saturated heterocycles. The summed E-state index contributed by atoms with van der Waals surface area (Å²) in [6, 6.07) is 7.13. The maximum Gasteiger partial charge on any atom is 0.332 e. The van der Waals surface area contributed by atoms with Gasteiger partial charge in [-0.05, 0) is 17.7 Å². The van der Waals surface area contributed by atoms with Crippen molar-refractivity contribution in [3.05, 3.63) is 29.8 Å². The molecule has 96 valence electrons. The summed E-state index contributed by atoms with van der Waals surface area (Å²) in [5.41, 5.74) is 7.19. The van der Waals surface area contributed by atoms with Gasteiger partial charge in [-0.2, -0.15) is 0 Å². The summed E-state index contributed by atoms with van der Waals surface area (Å²) in [5, 5.41) is 6.12. The molecule has 6 nitrogen and oxygen atoms in total. The Morgan fingerprint density at radius 2 is 1.89 bits per heavy atom. The molecule has 0 aliphatic heterocycles. The number of anilines is 1. The fourth-order valence-electron chi connectivity index (χ4n) is 1.27. The van der Waals surface area contributed by atoms with Gasteiger partial charge in [0, 0.05) is 26.0 Å². The average molecular weight is 249 g/mol. The third-order valence-corrected chi connectivity index (χ3v) is 1.95. The van der Waals surface area contributed by atoms with Gasteiger partial charge in [0.2, 0.25) is 5.91 Å². The molecule has 1 aromatic carbocycles. The zero-order chi connectivity index (χ0) is 13.5. The fourth-order valence-corrected chi connectivity index (χ4v) is 1.27. The van der Waals surface area contributed by atoms with Crippen molar-refractivity contribution in [3.8, 4) is 0 Å². The highest BCUT2D eigenvalue weighted by molar-refractivity contribution is 5.88. The van der Waals surface area contributed by atoms with Crippen LogP contribution in [0, 0.1) is 0 Å². The van der Waals surface area contributed by atoms with E-state index in [1.165, 1.54) is 13.8 Å². The van der Waals surface area contributed by atoms with Crippen LogP contribution in [0.15, 0.2) is 29.4 Å². The Balaban J connectivity index is 2.60. The van der Waals surface area contributed by atoms with E-state index in [0.717, 1.165) is 5.56 Å². The van der Waals surface area contributed by atoms with Crippen LogP contribution in [0.4, 0.5) is 5.69 Å². The maximum atomic E-state index is 10.8. The van der Waals surface area contributed by atoms with E-state index in [0.29, 0.717) is 12.1 Å². The molecular formula is C12H15N3O3. The van der Waals surface area contributed by atoms with Gasteiger partial charge in [0.15, 0.2) is 0 Å². The van der Waals surface area contributed by atoms with Crippen LogP contribution in [0.5, 0.6) is 0 Å². The lowest BCUT2D eigenvalue weighted by atomic mass is 10.1. The third kappa shape index (κ3) is 5.11. The molecule has 0 bridgehead atoms. The molecule has 0 aliphatic carbocycles. The Labute approximate surface area is 105 Å². The molecule has 18 heavy (non-hydrogen) atoms. The van der Waals surface area contributed by atoms with Crippen LogP contribution in [0.2, 0.25) is 0 Å². The highest BCUT2D eigenvalue weighted by atomic mass is 16.7. The number of amidine groups is 1. The number of benzene rings is 1. The standard InChI is InChI=1S/C12H15N3O3/c1-8(16)14-11-5-3-10(4-6-11)7-12(13)15-18-9(2)17/h3-6H,7H2,1-2H3,(H2,13,15)(H,14,16). The number of hydrogen-bond donors (Lipinski definition) is 2. The fraction of sp³-hybridized carbons (Fsp3) is 0.250. The minimum Gasteiger partial charge on any atom is -0.384 e. The second kappa shape index (κ2) is 6.39. The lowest BCUT2D eigenvalue weighted by Gasteiger charge is -2.04. The molecule has 0 aliphatic rings.